The third-order valence-corrected chi connectivity index (χ3v) is 5.33. The van der Waals surface area contributed by atoms with Crippen LogP contribution in [0, 0.1) is 17.8 Å². The summed E-state index contributed by atoms with van der Waals surface area (Å²) in [6, 6.07) is 10.3. The van der Waals surface area contributed by atoms with Crippen LogP contribution < -0.4 is 0 Å². The Hall–Kier alpha value is -1.31. The van der Waals surface area contributed by atoms with E-state index in [1.165, 1.54) is 25.7 Å². The number of amides is 1. The minimum absolute atomic E-state index is 0.260. The average molecular weight is 241 g/mol. The second-order valence-electron chi connectivity index (χ2n) is 6.23. The van der Waals surface area contributed by atoms with Gasteiger partial charge in [0.25, 0.3) is 5.91 Å². The molecule has 0 N–H and O–H groups in total. The first-order valence-electron chi connectivity index (χ1n) is 7.19. The van der Waals surface area contributed by atoms with Gasteiger partial charge in [0.15, 0.2) is 0 Å². The summed E-state index contributed by atoms with van der Waals surface area (Å²) < 4.78 is 0. The van der Waals surface area contributed by atoms with Crippen molar-refractivity contribution < 1.29 is 4.79 Å². The Morgan fingerprint density at radius 2 is 1.94 bits per heavy atom. The molecule has 18 heavy (non-hydrogen) atoms. The number of carbonyl (C=O) groups excluding carboxylic acids is 1. The van der Waals surface area contributed by atoms with Gasteiger partial charge in [0.1, 0.15) is 0 Å². The van der Waals surface area contributed by atoms with Gasteiger partial charge in [-0.3, -0.25) is 4.79 Å². The van der Waals surface area contributed by atoms with Gasteiger partial charge < -0.3 is 4.90 Å². The fourth-order valence-corrected chi connectivity index (χ4v) is 4.56. The van der Waals surface area contributed by atoms with Crippen LogP contribution in [0.5, 0.6) is 0 Å². The Bertz CT molecular complexity index is 469. The molecule has 3 saturated carbocycles. The molecule has 4 aliphatic rings. The largest absolute Gasteiger partial charge is 0.335 e. The Kier molecular flexibility index (Phi) is 2.26. The first-order valence-corrected chi connectivity index (χ1v) is 7.19. The summed E-state index contributed by atoms with van der Waals surface area (Å²) >= 11 is 0. The lowest BCUT2D eigenvalue weighted by atomic mass is 9.65. The molecule has 0 radical (unpaired) electrons. The smallest absolute Gasteiger partial charge is 0.254 e. The van der Waals surface area contributed by atoms with Crippen molar-refractivity contribution in [2.75, 3.05) is 6.54 Å². The van der Waals surface area contributed by atoms with Crippen LogP contribution in [0.25, 0.3) is 0 Å². The van der Waals surface area contributed by atoms with Crippen LogP contribution in [0.3, 0.4) is 0 Å². The number of fused-ring (bicyclic) bond motifs is 1. The third kappa shape index (κ3) is 1.44. The van der Waals surface area contributed by atoms with Gasteiger partial charge in [-0.15, -0.1) is 0 Å². The fraction of sp³-hybridized carbons (Fsp3) is 0.562. The highest BCUT2D eigenvalue weighted by Crippen LogP contribution is 2.51. The maximum Gasteiger partial charge on any atom is 0.254 e. The standard InChI is InChI=1S/C16H19NO/c18-16(12-4-2-1-3-5-12)17-10-13-8-11-6-7-14(13)15(17)9-11/h1-5,11,13-15H,6-10H2. The second-order valence-corrected chi connectivity index (χ2v) is 6.23. The number of hydrogen-bond acceptors (Lipinski definition) is 1. The van der Waals surface area contributed by atoms with Crippen LogP contribution in [-0.2, 0) is 0 Å². The van der Waals surface area contributed by atoms with Crippen LogP contribution in [0.4, 0.5) is 0 Å². The summed E-state index contributed by atoms with van der Waals surface area (Å²) in [5.74, 6) is 2.77. The quantitative estimate of drug-likeness (QED) is 0.740. The van der Waals surface area contributed by atoms with Crippen molar-refractivity contribution in [3.05, 3.63) is 35.9 Å². The van der Waals surface area contributed by atoms with Gasteiger partial charge >= 0.3 is 0 Å². The molecule has 5 rings (SSSR count). The number of likely N-dealkylation sites (tertiary alicyclic amines) is 1. The molecule has 2 nitrogen and oxygen atoms in total. The predicted octanol–water partition coefficient (Wildman–Crippen LogP) is 2.95. The number of carbonyl (C=O) groups is 1. The zero-order valence-electron chi connectivity index (χ0n) is 10.6. The summed E-state index contributed by atoms with van der Waals surface area (Å²) in [5, 5.41) is 0. The van der Waals surface area contributed by atoms with Crippen LogP contribution in [0.1, 0.15) is 36.0 Å². The van der Waals surface area contributed by atoms with E-state index in [1.807, 2.05) is 30.3 Å². The van der Waals surface area contributed by atoms with Crippen molar-refractivity contribution in [2.45, 2.75) is 31.7 Å². The maximum atomic E-state index is 12.6. The Morgan fingerprint density at radius 3 is 2.67 bits per heavy atom. The van der Waals surface area contributed by atoms with E-state index in [0.29, 0.717) is 6.04 Å². The molecular formula is C16H19NO. The lowest BCUT2D eigenvalue weighted by Gasteiger charge is -2.42. The number of nitrogens with zero attached hydrogens (tertiary/aromatic N) is 1. The van der Waals surface area contributed by atoms with E-state index in [0.717, 1.165) is 29.9 Å². The summed E-state index contributed by atoms with van der Waals surface area (Å²) in [6.07, 6.45) is 5.41. The molecular weight excluding hydrogens is 222 g/mol. The molecule has 4 unspecified atom stereocenters. The molecule has 4 fully saturated rings. The van der Waals surface area contributed by atoms with Gasteiger partial charge in [-0.1, -0.05) is 24.6 Å². The minimum Gasteiger partial charge on any atom is -0.335 e. The predicted molar refractivity (Wildman–Crippen MR) is 70.2 cm³/mol. The van der Waals surface area contributed by atoms with E-state index in [2.05, 4.69) is 4.90 Å². The molecule has 94 valence electrons. The fourth-order valence-electron chi connectivity index (χ4n) is 4.56. The summed E-state index contributed by atoms with van der Waals surface area (Å²) in [6.45, 7) is 1.01. The van der Waals surface area contributed by atoms with Crippen LogP contribution in [0.15, 0.2) is 30.3 Å². The molecule has 1 aromatic rings. The first-order chi connectivity index (χ1) is 8.83. The van der Waals surface area contributed by atoms with Crippen molar-refractivity contribution in [2.24, 2.45) is 17.8 Å². The third-order valence-electron chi connectivity index (χ3n) is 5.33. The van der Waals surface area contributed by atoms with Crippen LogP contribution >= 0.6 is 0 Å². The zero-order valence-corrected chi connectivity index (χ0v) is 10.6. The Labute approximate surface area is 108 Å². The first kappa shape index (κ1) is 10.6. The van der Waals surface area contributed by atoms with E-state index in [1.54, 1.807) is 0 Å². The highest BCUT2D eigenvalue weighted by atomic mass is 16.2. The van der Waals surface area contributed by atoms with Crippen LogP contribution in [-0.4, -0.2) is 23.4 Å². The maximum absolute atomic E-state index is 12.6. The summed E-state index contributed by atoms with van der Waals surface area (Å²) in [7, 11) is 0. The molecule has 1 heterocycles. The van der Waals surface area contributed by atoms with E-state index in [4.69, 9.17) is 0 Å². The van der Waals surface area contributed by atoms with Gasteiger partial charge in [0, 0.05) is 18.2 Å². The molecule has 4 bridgehead atoms. The molecule has 4 atom stereocenters. The monoisotopic (exact) mass is 241 g/mol. The van der Waals surface area contributed by atoms with E-state index in [-0.39, 0.29) is 5.91 Å². The van der Waals surface area contributed by atoms with Gasteiger partial charge in [-0.2, -0.15) is 0 Å². The Balaban J connectivity index is 1.62. The van der Waals surface area contributed by atoms with E-state index < -0.39 is 0 Å². The topological polar surface area (TPSA) is 20.3 Å². The van der Waals surface area contributed by atoms with Crippen molar-refractivity contribution in [3.63, 3.8) is 0 Å². The average Bonchev–Trinajstić information content (AvgIpc) is 2.71. The second kappa shape index (κ2) is 3.84. The molecule has 1 aromatic carbocycles. The lowest BCUT2D eigenvalue weighted by molar-refractivity contribution is 0.0609. The lowest BCUT2D eigenvalue weighted by Crippen LogP contribution is -2.42. The van der Waals surface area contributed by atoms with Crippen molar-refractivity contribution in [1.82, 2.24) is 4.90 Å². The summed E-state index contributed by atoms with van der Waals surface area (Å²) in [4.78, 5) is 14.8. The molecule has 3 aliphatic carbocycles. The van der Waals surface area contributed by atoms with Crippen molar-refractivity contribution in [3.8, 4) is 0 Å². The molecule has 2 heteroatoms. The zero-order chi connectivity index (χ0) is 12.1. The highest BCUT2D eigenvalue weighted by Gasteiger charge is 2.51. The molecule has 1 aliphatic heterocycles. The highest BCUT2D eigenvalue weighted by molar-refractivity contribution is 5.94. The van der Waals surface area contributed by atoms with Gasteiger partial charge in [-0.05, 0) is 49.1 Å². The van der Waals surface area contributed by atoms with E-state index >= 15 is 0 Å². The minimum atomic E-state index is 0.260. The molecule has 0 spiro atoms. The van der Waals surface area contributed by atoms with E-state index in [9.17, 15) is 4.79 Å². The van der Waals surface area contributed by atoms with Gasteiger partial charge in [0.05, 0.1) is 0 Å². The number of rotatable bonds is 1. The molecule has 1 saturated heterocycles. The summed E-state index contributed by atoms with van der Waals surface area (Å²) in [5.41, 5.74) is 0.862. The molecule has 0 aromatic heterocycles. The Morgan fingerprint density at radius 1 is 1.11 bits per heavy atom. The number of hydrogen-bond donors (Lipinski definition) is 0. The van der Waals surface area contributed by atoms with Crippen molar-refractivity contribution in [1.29, 1.82) is 0 Å². The van der Waals surface area contributed by atoms with Gasteiger partial charge in [0.2, 0.25) is 0 Å². The SMILES string of the molecule is O=C(c1ccccc1)N1CC2CC3CCC2C1C3. The van der Waals surface area contributed by atoms with Gasteiger partial charge in [-0.25, -0.2) is 0 Å². The molecule has 1 amide bonds. The van der Waals surface area contributed by atoms with Crippen LogP contribution in [0.2, 0.25) is 0 Å². The number of benzene rings is 1. The normalized spacial score (nSPS) is 37.0. The van der Waals surface area contributed by atoms with Crippen molar-refractivity contribution >= 4 is 5.91 Å².